The normalized spacial score (nSPS) is 10.6. The summed E-state index contributed by atoms with van der Waals surface area (Å²) in [5.74, 6) is 2.35. The molecule has 0 radical (unpaired) electrons. The van der Waals surface area contributed by atoms with Crippen LogP contribution < -0.4 is 14.8 Å². The molecule has 0 aliphatic heterocycles. The second-order valence-corrected chi connectivity index (χ2v) is 8.09. The molecule has 0 aliphatic rings. The molecular formula is C24H28N4O3S. The van der Waals surface area contributed by atoms with E-state index in [9.17, 15) is 4.79 Å². The lowest BCUT2D eigenvalue weighted by Crippen LogP contribution is -2.15. The smallest absolute Gasteiger partial charge is 0.234 e. The summed E-state index contributed by atoms with van der Waals surface area (Å²) in [6, 6.07) is 13.3. The van der Waals surface area contributed by atoms with E-state index in [1.54, 1.807) is 6.08 Å². The van der Waals surface area contributed by atoms with Gasteiger partial charge in [0.25, 0.3) is 0 Å². The number of carbonyl (C=O) groups excluding carboxylic acids is 1. The van der Waals surface area contributed by atoms with Gasteiger partial charge in [0.05, 0.1) is 12.4 Å². The molecule has 8 heteroatoms. The molecule has 7 nitrogen and oxygen atoms in total. The molecule has 0 unspecified atom stereocenters. The van der Waals surface area contributed by atoms with Crippen molar-refractivity contribution in [1.82, 2.24) is 14.8 Å². The van der Waals surface area contributed by atoms with E-state index in [-0.39, 0.29) is 18.3 Å². The van der Waals surface area contributed by atoms with E-state index in [1.165, 1.54) is 17.3 Å². The summed E-state index contributed by atoms with van der Waals surface area (Å²) in [5, 5.41) is 12.0. The largest absolute Gasteiger partial charge is 0.494 e. The van der Waals surface area contributed by atoms with Crippen molar-refractivity contribution in [3.63, 3.8) is 0 Å². The molecule has 1 amide bonds. The molecule has 0 saturated heterocycles. The molecule has 0 aliphatic carbocycles. The van der Waals surface area contributed by atoms with Gasteiger partial charge in [0.1, 0.15) is 18.1 Å². The Morgan fingerprint density at radius 3 is 2.62 bits per heavy atom. The molecule has 168 valence electrons. The predicted octanol–water partition coefficient (Wildman–Crippen LogP) is 4.79. The van der Waals surface area contributed by atoms with Crippen molar-refractivity contribution in [1.29, 1.82) is 0 Å². The first-order valence-electron chi connectivity index (χ1n) is 10.4. The Morgan fingerprint density at radius 2 is 1.94 bits per heavy atom. The average molecular weight is 453 g/mol. The van der Waals surface area contributed by atoms with Crippen LogP contribution in [0, 0.1) is 13.8 Å². The van der Waals surface area contributed by atoms with Gasteiger partial charge in [-0.1, -0.05) is 35.5 Å². The zero-order valence-electron chi connectivity index (χ0n) is 18.6. The maximum absolute atomic E-state index is 12.4. The fraction of sp³-hybridized carbons (Fsp3) is 0.292. The number of thioether (sulfide) groups is 1. The lowest BCUT2D eigenvalue weighted by atomic mass is 10.1. The summed E-state index contributed by atoms with van der Waals surface area (Å²) in [4.78, 5) is 12.4. The van der Waals surface area contributed by atoms with Crippen molar-refractivity contribution in [3.05, 3.63) is 72.1 Å². The van der Waals surface area contributed by atoms with Crippen LogP contribution in [-0.2, 0) is 17.9 Å². The second kappa shape index (κ2) is 11.4. The number of nitrogens with zero attached hydrogens (tertiary/aromatic N) is 3. The zero-order chi connectivity index (χ0) is 22.9. The van der Waals surface area contributed by atoms with Crippen LogP contribution in [0.3, 0.4) is 0 Å². The number of allylic oxidation sites excluding steroid dienone is 1. The van der Waals surface area contributed by atoms with E-state index >= 15 is 0 Å². The van der Waals surface area contributed by atoms with E-state index in [0.29, 0.717) is 29.8 Å². The van der Waals surface area contributed by atoms with Gasteiger partial charge in [0.15, 0.2) is 11.0 Å². The van der Waals surface area contributed by atoms with Crippen molar-refractivity contribution < 1.29 is 14.3 Å². The summed E-state index contributed by atoms with van der Waals surface area (Å²) < 4.78 is 13.3. The quantitative estimate of drug-likeness (QED) is 0.333. The number of aryl methyl sites for hydroxylation is 2. The summed E-state index contributed by atoms with van der Waals surface area (Å²) >= 11 is 1.32. The van der Waals surface area contributed by atoms with Crippen LogP contribution in [0.1, 0.15) is 23.9 Å². The molecule has 0 fully saturated rings. The summed E-state index contributed by atoms with van der Waals surface area (Å²) in [6.07, 6.45) is 1.77. The van der Waals surface area contributed by atoms with Gasteiger partial charge in [-0.05, 0) is 56.7 Å². The highest BCUT2D eigenvalue weighted by Crippen LogP contribution is 2.22. The van der Waals surface area contributed by atoms with E-state index in [4.69, 9.17) is 9.47 Å². The number of nitrogens with one attached hydrogen (secondary N) is 1. The third-order valence-corrected chi connectivity index (χ3v) is 5.54. The highest BCUT2D eigenvalue weighted by Gasteiger charge is 2.15. The lowest BCUT2D eigenvalue weighted by Gasteiger charge is -2.11. The molecule has 3 rings (SSSR count). The number of benzene rings is 2. The Bertz CT molecular complexity index is 1060. The number of amides is 1. The lowest BCUT2D eigenvalue weighted by molar-refractivity contribution is -0.113. The van der Waals surface area contributed by atoms with Crippen molar-refractivity contribution in [3.8, 4) is 11.5 Å². The third-order valence-electron chi connectivity index (χ3n) is 4.57. The SMILES string of the molecule is C=CCn1c(COc2ccc(C)cc2C)nnc1SCC(=O)Nc1ccc(OCC)cc1. The fourth-order valence-corrected chi connectivity index (χ4v) is 3.84. The number of aromatic nitrogens is 3. The van der Waals surface area contributed by atoms with Gasteiger partial charge in [0.2, 0.25) is 5.91 Å². The summed E-state index contributed by atoms with van der Waals surface area (Å²) in [7, 11) is 0. The number of rotatable bonds is 11. The van der Waals surface area contributed by atoms with Crippen LogP contribution in [-0.4, -0.2) is 33.0 Å². The maximum Gasteiger partial charge on any atom is 0.234 e. The monoisotopic (exact) mass is 452 g/mol. The van der Waals surface area contributed by atoms with Crippen molar-refractivity contribution in [2.24, 2.45) is 0 Å². The van der Waals surface area contributed by atoms with E-state index in [1.807, 2.05) is 61.7 Å². The van der Waals surface area contributed by atoms with Gasteiger partial charge in [-0.2, -0.15) is 0 Å². The van der Waals surface area contributed by atoms with Crippen LogP contribution >= 0.6 is 11.8 Å². The fourth-order valence-electron chi connectivity index (χ4n) is 3.08. The minimum absolute atomic E-state index is 0.125. The molecule has 1 aromatic heterocycles. The minimum Gasteiger partial charge on any atom is -0.494 e. The molecule has 0 spiro atoms. The van der Waals surface area contributed by atoms with Gasteiger partial charge in [-0.3, -0.25) is 9.36 Å². The Labute approximate surface area is 192 Å². The van der Waals surface area contributed by atoms with E-state index in [0.717, 1.165) is 17.1 Å². The first-order valence-corrected chi connectivity index (χ1v) is 11.4. The van der Waals surface area contributed by atoms with Gasteiger partial charge < -0.3 is 14.8 Å². The molecule has 1 heterocycles. The van der Waals surface area contributed by atoms with Crippen LogP contribution in [0.2, 0.25) is 0 Å². The van der Waals surface area contributed by atoms with Gasteiger partial charge in [0, 0.05) is 12.2 Å². The average Bonchev–Trinajstić information content (AvgIpc) is 3.15. The Balaban J connectivity index is 1.59. The van der Waals surface area contributed by atoms with Crippen LogP contribution in [0.25, 0.3) is 0 Å². The highest BCUT2D eigenvalue weighted by atomic mass is 32.2. The number of ether oxygens (including phenoxy) is 2. The third kappa shape index (κ3) is 6.37. The van der Waals surface area contributed by atoms with Gasteiger partial charge in [-0.15, -0.1) is 16.8 Å². The number of carbonyl (C=O) groups is 1. The summed E-state index contributed by atoms with van der Waals surface area (Å²) in [6.45, 7) is 11.2. The Morgan fingerprint density at radius 1 is 1.16 bits per heavy atom. The van der Waals surface area contributed by atoms with Crippen LogP contribution in [0.4, 0.5) is 5.69 Å². The molecule has 0 saturated carbocycles. The minimum atomic E-state index is -0.125. The topological polar surface area (TPSA) is 78.3 Å². The molecule has 1 N–H and O–H groups in total. The Kier molecular flexibility index (Phi) is 8.33. The van der Waals surface area contributed by atoms with E-state index in [2.05, 4.69) is 28.2 Å². The van der Waals surface area contributed by atoms with Crippen molar-refractivity contribution in [2.75, 3.05) is 17.7 Å². The molecule has 32 heavy (non-hydrogen) atoms. The molecule has 0 bridgehead atoms. The number of hydrogen-bond acceptors (Lipinski definition) is 6. The van der Waals surface area contributed by atoms with Gasteiger partial charge >= 0.3 is 0 Å². The second-order valence-electron chi connectivity index (χ2n) is 7.15. The van der Waals surface area contributed by atoms with Gasteiger partial charge in [-0.25, -0.2) is 0 Å². The summed E-state index contributed by atoms with van der Waals surface area (Å²) in [5.41, 5.74) is 2.97. The molecular weight excluding hydrogens is 424 g/mol. The standard InChI is InChI=1S/C24H28N4O3S/c1-5-13-28-22(15-31-21-12-7-17(3)14-18(21)4)26-27-24(28)32-16-23(29)25-19-8-10-20(11-9-19)30-6-2/h5,7-12,14H,1,6,13,15-16H2,2-4H3,(H,25,29). The first kappa shape index (κ1) is 23.4. The van der Waals surface area contributed by atoms with E-state index < -0.39 is 0 Å². The maximum atomic E-state index is 12.4. The Hall–Kier alpha value is -3.26. The molecule has 0 atom stereocenters. The van der Waals surface area contributed by atoms with Crippen LogP contribution in [0.5, 0.6) is 11.5 Å². The highest BCUT2D eigenvalue weighted by molar-refractivity contribution is 7.99. The van der Waals surface area contributed by atoms with Crippen molar-refractivity contribution >= 4 is 23.4 Å². The zero-order valence-corrected chi connectivity index (χ0v) is 19.4. The van der Waals surface area contributed by atoms with Crippen molar-refractivity contribution in [2.45, 2.75) is 39.1 Å². The first-order chi connectivity index (χ1) is 15.5. The predicted molar refractivity (Wildman–Crippen MR) is 127 cm³/mol. The number of anilines is 1. The molecule has 3 aromatic rings. The number of hydrogen-bond donors (Lipinski definition) is 1. The molecule has 2 aromatic carbocycles. The van der Waals surface area contributed by atoms with Crippen LogP contribution in [0.15, 0.2) is 60.3 Å².